The van der Waals surface area contributed by atoms with Gasteiger partial charge in [-0.25, -0.2) is 4.68 Å². The quantitative estimate of drug-likeness (QED) is 0.532. The number of aromatic nitrogens is 2. The topological polar surface area (TPSA) is 50.5 Å². The van der Waals surface area contributed by atoms with E-state index in [1.165, 1.54) is 5.56 Å². The molecule has 0 bridgehead atoms. The van der Waals surface area contributed by atoms with Crippen molar-refractivity contribution in [1.29, 1.82) is 0 Å². The summed E-state index contributed by atoms with van der Waals surface area (Å²) in [5, 5.41) is 14.9. The number of nitrogens with zero attached hydrogens (tertiary/aromatic N) is 3. The molecule has 30 heavy (non-hydrogen) atoms. The number of ether oxygens (including phenoxy) is 1. The zero-order valence-electron chi connectivity index (χ0n) is 18.7. The summed E-state index contributed by atoms with van der Waals surface area (Å²) in [5.41, 5.74) is 4.20. The third kappa shape index (κ3) is 5.29. The highest BCUT2D eigenvalue weighted by atomic mass is 16.5. The van der Waals surface area contributed by atoms with Crippen molar-refractivity contribution < 1.29 is 9.84 Å². The van der Waals surface area contributed by atoms with Crippen molar-refractivity contribution in [2.75, 3.05) is 6.54 Å². The van der Waals surface area contributed by atoms with E-state index in [9.17, 15) is 5.11 Å². The summed E-state index contributed by atoms with van der Waals surface area (Å²) in [5.74, 6) is 1.52. The predicted octanol–water partition coefficient (Wildman–Crippen LogP) is 5.17. The predicted molar refractivity (Wildman–Crippen MR) is 122 cm³/mol. The highest BCUT2D eigenvalue weighted by molar-refractivity contribution is 5.65. The molecule has 1 heterocycles. The Labute approximate surface area is 179 Å². The summed E-state index contributed by atoms with van der Waals surface area (Å²) in [6.07, 6.45) is 0.597. The average molecular weight is 408 g/mol. The molecule has 5 heteroatoms. The van der Waals surface area contributed by atoms with Gasteiger partial charge >= 0.3 is 0 Å². The summed E-state index contributed by atoms with van der Waals surface area (Å²) < 4.78 is 8.14. The van der Waals surface area contributed by atoms with Crippen LogP contribution in [0.3, 0.4) is 0 Å². The van der Waals surface area contributed by atoms with Gasteiger partial charge in [-0.2, -0.15) is 5.10 Å². The molecule has 5 nitrogen and oxygen atoms in total. The molecule has 0 radical (unpaired) electrons. The fourth-order valence-corrected chi connectivity index (χ4v) is 3.57. The number of rotatable bonds is 9. The monoisotopic (exact) mass is 407 g/mol. The first-order valence-corrected chi connectivity index (χ1v) is 10.7. The van der Waals surface area contributed by atoms with Crippen LogP contribution in [0.4, 0.5) is 0 Å². The maximum atomic E-state index is 10.1. The van der Waals surface area contributed by atoms with Crippen molar-refractivity contribution in [3.05, 3.63) is 65.7 Å². The Morgan fingerprint density at radius 3 is 2.33 bits per heavy atom. The Kier molecular flexibility index (Phi) is 7.29. The van der Waals surface area contributed by atoms with Gasteiger partial charge in [-0.15, -0.1) is 0 Å². The molecule has 0 saturated heterocycles. The number of aryl methyl sites for hydroxylation is 2. The van der Waals surface area contributed by atoms with Gasteiger partial charge in [0.05, 0.1) is 11.7 Å². The van der Waals surface area contributed by atoms with Crippen molar-refractivity contribution >= 4 is 0 Å². The molecule has 3 rings (SSSR count). The normalized spacial score (nSPS) is 13.4. The molecule has 0 spiro atoms. The minimum atomic E-state index is -0.405. The smallest absolute Gasteiger partial charge is 0.222 e. The fourth-order valence-electron chi connectivity index (χ4n) is 3.57. The Morgan fingerprint density at radius 2 is 1.73 bits per heavy atom. The van der Waals surface area contributed by atoms with Crippen molar-refractivity contribution in [3.63, 3.8) is 0 Å². The molecule has 0 fully saturated rings. The van der Waals surface area contributed by atoms with E-state index in [-0.39, 0.29) is 0 Å². The van der Waals surface area contributed by atoms with Crippen LogP contribution in [0.2, 0.25) is 0 Å². The summed E-state index contributed by atoms with van der Waals surface area (Å²) in [6, 6.07) is 18.6. The summed E-state index contributed by atoms with van der Waals surface area (Å²) in [4.78, 5) is 2.30. The fraction of sp³-hybridized carbons (Fsp3) is 0.400. The molecule has 3 aromatic rings. The van der Waals surface area contributed by atoms with Gasteiger partial charge in [0.25, 0.3) is 0 Å². The number of aliphatic hydroxyl groups excluding tert-OH is 1. The highest BCUT2D eigenvalue weighted by Crippen LogP contribution is 2.34. The Balaban J connectivity index is 2.05. The van der Waals surface area contributed by atoms with E-state index in [2.05, 4.69) is 37.8 Å². The molecule has 0 aliphatic rings. The van der Waals surface area contributed by atoms with Crippen LogP contribution in [-0.4, -0.2) is 38.5 Å². The largest absolute Gasteiger partial charge is 0.439 e. The molecular weight excluding hydrogens is 374 g/mol. The van der Waals surface area contributed by atoms with Crippen molar-refractivity contribution in [3.8, 4) is 22.9 Å². The highest BCUT2D eigenvalue weighted by Gasteiger charge is 2.24. The molecule has 0 amide bonds. The van der Waals surface area contributed by atoms with Crippen LogP contribution in [0.5, 0.6) is 11.6 Å². The van der Waals surface area contributed by atoms with Crippen molar-refractivity contribution in [2.45, 2.75) is 52.8 Å². The van der Waals surface area contributed by atoms with Crippen LogP contribution in [0, 0.1) is 6.92 Å². The van der Waals surface area contributed by atoms with E-state index < -0.39 is 6.10 Å². The number of aliphatic hydroxyl groups is 1. The maximum absolute atomic E-state index is 10.1. The van der Waals surface area contributed by atoms with Crippen LogP contribution in [0.25, 0.3) is 11.3 Å². The van der Waals surface area contributed by atoms with E-state index in [1.54, 1.807) is 0 Å². The van der Waals surface area contributed by atoms with E-state index in [0.717, 1.165) is 34.9 Å². The third-order valence-corrected chi connectivity index (χ3v) is 5.44. The second-order valence-electron chi connectivity index (χ2n) is 8.07. The Hall–Kier alpha value is -2.63. The number of hydrogen-bond acceptors (Lipinski definition) is 4. The standard InChI is InChI=1S/C25H33N3O2/c1-6-19(3)28(16-20(4)29)17-23-24(21-10-8-7-9-11-21)26-27(5)25(23)30-22-14-12-18(2)13-15-22/h7-15,19-20,29H,6,16-17H2,1-5H3/t19-,20+/m1/s1. The van der Waals surface area contributed by atoms with E-state index in [1.807, 2.05) is 61.1 Å². The van der Waals surface area contributed by atoms with Crippen LogP contribution < -0.4 is 4.74 Å². The summed E-state index contributed by atoms with van der Waals surface area (Å²) in [6.45, 7) is 9.51. The Bertz CT molecular complexity index is 933. The molecule has 0 aliphatic heterocycles. The molecule has 160 valence electrons. The first-order valence-electron chi connectivity index (χ1n) is 10.7. The second-order valence-corrected chi connectivity index (χ2v) is 8.07. The zero-order valence-corrected chi connectivity index (χ0v) is 18.7. The zero-order chi connectivity index (χ0) is 21.7. The first kappa shape index (κ1) is 22.1. The third-order valence-electron chi connectivity index (χ3n) is 5.44. The minimum Gasteiger partial charge on any atom is -0.439 e. The van der Waals surface area contributed by atoms with E-state index >= 15 is 0 Å². The lowest BCUT2D eigenvalue weighted by molar-refractivity contribution is 0.0956. The second kappa shape index (κ2) is 9.92. The van der Waals surface area contributed by atoms with Crippen LogP contribution >= 0.6 is 0 Å². The molecule has 1 aromatic heterocycles. The summed E-state index contributed by atoms with van der Waals surface area (Å²) in [7, 11) is 1.92. The average Bonchev–Trinajstić information content (AvgIpc) is 3.04. The van der Waals surface area contributed by atoms with Gasteiger partial charge in [-0.05, 0) is 39.3 Å². The van der Waals surface area contributed by atoms with Gasteiger partial charge in [0, 0.05) is 31.7 Å². The first-order chi connectivity index (χ1) is 14.4. The van der Waals surface area contributed by atoms with E-state index in [0.29, 0.717) is 19.1 Å². The molecular formula is C25H33N3O2. The molecule has 0 unspecified atom stereocenters. The van der Waals surface area contributed by atoms with Crippen molar-refractivity contribution in [1.82, 2.24) is 14.7 Å². The van der Waals surface area contributed by atoms with E-state index in [4.69, 9.17) is 9.84 Å². The number of hydrogen-bond donors (Lipinski definition) is 1. The molecule has 0 aliphatic carbocycles. The molecule has 0 saturated carbocycles. The van der Waals surface area contributed by atoms with Crippen LogP contribution in [-0.2, 0) is 13.6 Å². The SMILES string of the molecule is CC[C@@H](C)N(Cc1c(-c2ccccc2)nn(C)c1Oc1ccc(C)cc1)C[C@H](C)O. The van der Waals surface area contributed by atoms with Gasteiger partial charge in [-0.3, -0.25) is 4.90 Å². The van der Waals surface area contributed by atoms with Gasteiger partial charge < -0.3 is 9.84 Å². The minimum absolute atomic E-state index is 0.329. The van der Waals surface area contributed by atoms with Crippen LogP contribution in [0.15, 0.2) is 54.6 Å². The lowest BCUT2D eigenvalue weighted by Gasteiger charge is -2.29. The number of benzene rings is 2. The lowest BCUT2D eigenvalue weighted by Crippen LogP contribution is -2.37. The molecule has 2 atom stereocenters. The van der Waals surface area contributed by atoms with Gasteiger partial charge in [0.15, 0.2) is 0 Å². The summed E-state index contributed by atoms with van der Waals surface area (Å²) >= 11 is 0. The van der Waals surface area contributed by atoms with Gasteiger partial charge in [-0.1, -0.05) is 55.0 Å². The lowest BCUT2D eigenvalue weighted by atomic mass is 10.1. The van der Waals surface area contributed by atoms with Gasteiger partial charge in [0.1, 0.15) is 11.4 Å². The Morgan fingerprint density at radius 1 is 1.07 bits per heavy atom. The molecule has 1 N–H and O–H groups in total. The van der Waals surface area contributed by atoms with Crippen molar-refractivity contribution in [2.24, 2.45) is 7.05 Å². The maximum Gasteiger partial charge on any atom is 0.222 e. The van der Waals surface area contributed by atoms with Crippen LogP contribution in [0.1, 0.15) is 38.3 Å². The molecule has 2 aromatic carbocycles. The van der Waals surface area contributed by atoms with Gasteiger partial charge in [0.2, 0.25) is 5.88 Å².